The Morgan fingerprint density at radius 1 is 1.54 bits per heavy atom. The molecule has 2 rings (SSSR count). The first-order valence-electron chi connectivity index (χ1n) is 4.69. The van der Waals surface area contributed by atoms with Crippen LogP contribution in [0.4, 0.5) is 0 Å². The summed E-state index contributed by atoms with van der Waals surface area (Å²) in [5, 5.41) is 18.1. The maximum atomic E-state index is 9.09. The van der Waals surface area contributed by atoms with E-state index in [1.54, 1.807) is 0 Å². The Hall–Kier alpha value is -1.07. The highest BCUT2D eigenvalue weighted by atomic mass is 16.3. The van der Waals surface area contributed by atoms with E-state index in [0.717, 1.165) is 12.8 Å². The molecule has 0 aromatic heterocycles. The summed E-state index contributed by atoms with van der Waals surface area (Å²) in [7, 11) is 0. The first-order valence-corrected chi connectivity index (χ1v) is 4.69. The molecule has 2 aliphatic rings. The van der Waals surface area contributed by atoms with E-state index in [-0.39, 0.29) is 17.9 Å². The van der Waals surface area contributed by atoms with E-state index >= 15 is 0 Å². The van der Waals surface area contributed by atoms with Crippen molar-refractivity contribution < 1.29 is 5.11 Å². The number of aliphatic hydroxyl groups is 1. The van der Waals surface area contributed by atoms with Crippen LogP contribution in [0.2, 0.25) is 0 Å². The van der Waals surface area contributed by atoms with Gasteiger partial charge in [0.15, 0.2) is 0 Å². The maximum Gasteiger partial charge on any atom is 0.0700 e. The van der Waals surface area contributed by atoms with E-state index in [2.05, 4.69) is 18.2 Å². The van der Waals surface area contributed by atoms with Gasteiger partial charge in [-0.25, -0.2) is 0 Å². The molecule has 0 heterocycles. The van der Waals surface area contributed by atoms with Gasteiger partial charge < -0.3 is 5.11 Å². The molecular weight excluding hydrogens is 162 g/mol. The highest BCUT2D eigenvalue weighted by Gasteiger charge is 2.58. The fourth-order valence-corrected chi connectivity index (χ4v) is 2.21. The molecule has 1 N–H and O–H groups in total. The molecule has 0 saturated heterocycles. The molecule has 0 aliphatic heterocycles. The van der Waals surface area contributed by atoms with Crippen LogP contribution in [-0.2, 0) is 0 Å². The van der Waals surface area contributed by atoms with Gasteiger partial charge in [0.2, 0.25) is 0 Å². The lowest BCUT2D eigenvalue weighted by atomic mass is 9.83. The van der Waals surface area contributed by atoms with Crippen LogP contribution >= 0.6 is 0 Å². The van der Waals surface area contributed by atoms with Crippen LogP contribution in [0, 0.1) is 28.6 Å². The molecule has 68 valence electrons. The SMILES string of the molecule is N#C[C@@]1(C2C=CC=CC2)C[C@H]1CO. The van der Waals surface area contributed by atoms with Crippen LogP contribution in [-0.4, -0.2) is 11.7 Å². The summed E-state index contributed by atoms with van der Waals surface area (Å²) >= 11 is 0. The van der Waals surface area contributed by atoms with Gasteiger partial charge in [-0.05, 0) is 18.8 Å². The maximum absolute atomic E-state index is 9.09. The number of nitriles is 1. The second kappa shape index (κ2) is 3.01. The minimum absolute atomic E-state index is 0.154. The third kappa shape index (κ3) is 1.20. The number of rotatable bonds is 2. The first kappa shape index (κ1) is 8.52. The zero-order chi connectivity index (χ0) is 9.31. The molecule has 0 radical (unpaired) electrons. The standard InChI is InChI=1S/C11H13NO/c12-8-11(6-10(11)7-13)9-4-2-1-3-5-9/h1-4,9-10,13H,5-7H2/t9?,10-,11+/m0/s1. The van der Waals surface area contributed by atoms with Crippen LogP contribution in [0.25, 0.3) is 0 Å². The fourth-order valence-electron chi connectivity index (χ4n) is 2.21. The molecule has 0 amide bonds. The molecule has 2 heteroatoms. The van der Waals surface area contributed by atoms with Crippen molar-refractivity contribution in [2.75, 3.05) is 6.61 Å². The van der Waals surface area contributed by atoms with Crippen LogP contribution in [0.15, 0.2) is 24.3 Å². The van der Waals surface area contributed by atoms with E-state index in [9.17, 15) is 0 Å². The summed E-state index contributed by atoms with van der Waals surface area (Å²) in [4.78, 5) is 0. The number of allylic oxidation sites excluding steroid dienone is 4. The minimum atomic E-state index is -0.254. The van der Waals surface area contributed by atoms with E-state index in [0.29, 0.717) is 5.92 Å². The second-order valence-electron chi connectivity index (χ2n) is 3.89. The Kier molecular flexibility index (Phi) is 1.97. The van der Waals surface area contributed by atoms with Crippen molar-refractivity contribution in [1.29, 1.82) is 5.26 Å². The quantitative estimate of drug-likeness (QED) is 0.693. The Bertz CT molecular complexity index is 300. The van der Waals surface area contributed by atoms with Gasteiger partial charge in [0, 0.05) is 12.5 Å². The molecule has 1 saturated carbocycles. The van der Waals surface area contributed by atoms with E-state index in [4.69, 9.17) is 10.4 Å². The molecule has 13 heavy (non-hydrogen) atoms. The molecule has 2 nitrogen and oxygen atoms in total. The predicted octanol–water partition coefficient (Wildman–Crippen LogP) is 1.64. The lowest BCUT2D eigenvalue weighted by Gasteiger charge is -2.18. The molecule has 0 aromatic carbocycles. The summed E-state index contributed by atoms with van der Waals surface area (Å²) in [6, 6.07) is 2.38. The minimum Gasteiger partial charge on any atom is -0.396 e. The van der Waals surface area contributed by atoms with Gasteiger partial charge in [-0.15, -0.1) is 0 Å². The lowest BCUT2D eigenvalue weighted by Crippen LogP contribution is -2.16. The van der Waals surface area contributed by atoms with Crippen molar-refractivity contribution in [3.8, 4) is 6.07 Å². The summed E-state index contributed by atoms with van der Waals surface area (Å²) in [6.07, 6.45) is 10.0. The molecule has 0 aromatic rings. The van der Waals surface area contributed by atoms with Crippen molar-refractivity contribution in [2.45, 2.75) is 12.8 Å². The Labute approximate surface area is 78.2 Å². The zero-order valence-corrected chi connectivity index (χ0v) is 7.48. The molecular formula is C11H13NO. The highest BCUT2D eigenvalue weighted by molar-refractivity contribution is 5.26. The van der Waals surface area contributed by atoms with Gasteiger partial charge in [0.25, 0.3) is 0 Å². The van der Waals surface area contributed by atoms with Gasteiger partial charge in [-0.3, -0.25) is 0 Å². The van der Waals surface area contributed by atoms with Crippen molar-refractivity contribution in [2.24, 2.45) is 17.3 Å². The first-order chi connectivity index (χ1) is 6.33. The van der Waals surface area contributed by atoms with E-state index < -0.39 is 0 Å². The van der Waals surface area contributed by atoms with Crippen molar-refractivity contribution in [3.63, 3.8) is 0 Å². The van der Waals surface area contributed by atoms with Crippen LogP contribution in [0.3, 0.4) is 0 Å². The number of aliphatic hydroxyl groups excluding tert-OH is 1. The highest BCUT2D eigenvalue weighted by Crippen LogP contribution is 2.58. The van der Waals surface area contributed by atoms with Gasteiger partial charge in [-0.1, -0.05) is 24.3 Å². The Morgan fingerprint density at radius 3 is 2.85 bits per heavy atom. The number of hydrogen-bond acceptors (Lipinski definition) is 2. The summed E-state index contributed by atoms with van der Waals surface area (Å²) in [5.41, 5.74) is -0.254. The normalized spacial score (nSPS) is 41.5. The fraction of sp³-hybridized carbons (Fsp3) is 0.545. The van der Waals surface area contributed by atoms with Gasteiger partial charge >= 0.3 is 0 Å². The molecule has 0 spiro atoms. The Balaban J connectivity index is 2.12. The summed E-state index contributed by atoms with van der Waals surface area (Å²) in [6.45, 7) is 0.154. The number of hydrogen-bond donors (Lipinski definition) is 1. The largest absolute Gasteiger partial charge is 0.396 e. The average molecular weight is 175 g/mol. The zero-order valence-electron chi connectivity index (χ0n) is 7.48. The van der Waals surface area contributed by atoms with Gasteiger partial charge in [0.05, 0.1) is 11.5 Å². The number of nitrogens with zero attached hydrogens (tertiary/aromatic N) is 1. The summed E-state index contributed by atoms with van der Waals surface area (Å²) < 4.78 is 0. The third-order valence-electron chi connectivity index (χ3n) is 3.22. The predicted molar refractivity (Wildman–Crippen MR) is 49.6 cm³/mol. The smallest absolute Gasteiger partial charge is 0.0700 e. The van der Waals surface area contributed by atoms with Crippen LogP contribution in [0.5, 0.6) is 0 Å². The third-order valence-corrected chi connectivity index (χ3v) is 3.22. The van der Waals surface area contributed by atoms with Crippen molar-refractivity contribution in [3.05, 3.63) is 24.3 Å². The van der Waals surface area contributed by atoms with Crippen molar-refractivity contribution in [1.82, 2.24) is 0 Å². The average Bonchev–Trinajstić information content (AvgIpc) is 2.94. The monoisotopic (exact) mass is 175 g/mol. The van der Waals surface area contributed by atoms with Crippen molar-refractivity contribution >= 4 is 0 Å². The van der Waals surface area contributed by atoms with E-state index in [1.165, 1.54) is 0 Å². The van der Waals surface area contributed by atoms with Crippen LogP contribution < -0.4 is 0 Å². The molecule has 0 bridgehead atoms. The van der Waals surface area contributed by atoms with Gasteiger partial charge in [-0.2, -0.15) is 5.26 Å². The van der Waals surface area contributed by atoms with E-state index in [1.807, 2.05) is 12.2 Å². The molecule has 1 fully saturated rings. The van der Waals surface area contributed by atoms with Crippen LogP contribution in [0.1, 0.15) is 12.8 Å². The molecule has 3 atom stereocenters. The van der Waals surface area contributed by atoms with Gasteiger partial charge in [0.1, 0.15) is 0 Å². The molecule has 2 aliphatic carbocycles. The summed E-state index contributed by atoms with van der Waals surface area (Å²) in [5.74, 6) is 0.526. The molecule has 1 unspecified atom stereocenters. The second-order valence-corrected chi connectivity index (χ2v) is 3.89. The topological polar surface area (TPSA) is 44.0 Å². The Morgan fingerprint density at radius 2 is 2.38 bits per heavy atom. The lowest BCUT2D eigenvalue weighted by molar-refractivity contribution is 0.248.